The lowest BCUT2D eigenvalue weighted by Gasteiger charge is -2.05. The molecule has 8 heteroatoms. The Morgan fingerprint density at radius 3 is 2.61 bits per heavy atom. The predicted octanol–water partition coefficient (Wildman–Crippen LogP) is 4.76. The third-order valence-corrected chi connectivity index (χ3v) is 5.36. The van der Waals surface area contributed by atoms with Gasteiger partial charge in [-0.1, -0.05) is 30.3 Å². The molecule has 0 atom stereocenters. The van der Waals surface area contributed by atoms with Crippen molar-refractivity contribution in [3.05, 3.63) is 77.6 Å². The van der Waals surface area contributed by atoms with Gasteiger partial charge in [0.2, 0.25) is 5.69 Å². The minimum Gasteiger partial charge on any atom is -0.496 e. The maximum Gasteiger partial charge on any atom is 0.362 e. The quantitative estimate of drug-likeness (QED) is 0.372. The first kappa shape index (κ1) is 20.6. The van der Waals surface area contributed by atoms with Crippen LogP contribution in [-0.4, -0.2) is 34.5 Å². The van der Waals surface area contributed by atoms with E-state index in [0.717, 1.165) is 27.7 Å². The molecule has 0 N–H and O–H groups in total. The van der Waals surface area contributed by atoms with Crippen LogP contribution in [0, 0.1) is 0 Å². The topological polar surface area (TPSA) is 75.5 Å². The number of carbonyl (C=O) groups is 1. The van der Waals surface area contributed by atoms with Crippen molar-refractivity contribution in [2.75, 3.05) is 13.7 Å². The molecular weight excluding hydrogens is 414 g/mol. The fourth-order valence-electron chi connectivity index (χ4n) is 2.99. The Balaban J connectivity index is 1.56. The molecular formula is C23H21N3O4S. The fraction of sp³-hybridized carbons (Fsp3) is 0.174. The lowest BCUT2D eigenvalue weighted by molar-refractivity contribution is 0.0514. The number of hydrogen-bond acceptors (Lipinski definition) is 7. The molecule has 0 radical (unpaired) electrons. The maximum atomic E-state index is 12.4. The van der Waals surface area contributed by atoms with Gasteiger partial charge in [-0.3, -0.25) is 0 Å². The minimum atomic E-state index is -0.528. The van der Waals surface area contributed by atoms with Crippen LogP contribution < -0.4 is 9.47 Å². The van der Waals surface area contributed by atoms with Crippen LogP contribution in [-0.2, 0) is 11.3 Å². The van der Waals surface area contributed by atoms with Gasteiger partial charge >= 0.3 is 5.97 Å². The van der Waals surface area contributed by atoms with Crippen LogP contribution in [0.1, 0.15) is 23.1 Å². The standard InChI is InChI=1S/C23H21N3O4S/c1-3-29-23(27)21-20(13-26(25-21)17-9-5-4-6-10-17)30-14-16-15-31-22(24-16)18-11-7-8-12-19(18)28-2/h4-13,15H,3,14H2,1-2H3. The molecule has 0 saturated heterocycles. The van der Waals surface area contributed by atoms with E-state index < -0.39 is 5.97 Å². The lowest BCUT2D eigenvalue weighted by Crippen LogP contribution is -2.08. The second-order valence-corrected chi connectivity index (χ2v) is 7.33. The molecule has 0 bridgehead atoms. The Labute approximate surface area is 183 Å². The Bertz CT molecular complexity index is 1170. The van der Waals surface area contributed by atoms with E-state index in [4.69, 9.17) is 14.2 Å². The zero-order valence-corrected chi connectivity index (χ0v) is 18.0. The van der Waals surface area contributed by atoms with E-state index in [1.165, 1.54) is 11.3 Å². The summed E-state index contributed by atoms with van der Waals surface area (Å²) in [6, 6.07) is 17.2. The number of para-hydroxylation sites is 2. The van der Waals surface area contributed by atoms with Crippen molar-refractivity contribution in [3.63, 3.8) is 0 Å². The van der Waals surface area contributed by atoms with Crippen molar-refractivity contribution in [2.24, 2.45) is 0 Å². The van der Waals surface area contributed by atoms with Gasteiger partial charge in [0.05, 0.1) is 36.9 Å². The summed E-state index contributed by atoms with van der Waals surface area (Å²) in [5, 5.41) is 7.13. The summed E-state index contributed by atoms with van der Waals surface area (Å²) in [5.74, 6) is 0.576. The van der Waals surface area contributed by atoms with E-state index in [1.54, 1.807) is 24.9 Å². The van der Waals surface area contributed by atoms with E-state index in [9.17, 15) is 4.79 Å². The van der Waals surface area contributed by atoms with Crippen molar-refractivity contribution in [2.45, 2.75) is 13.5 Å². The normalized spacial score (nSPS) is 10.6. The van der Waals surface area contributed by atoms with Crippen LogP contribution in [0.3, 0.4) is 0 Å². The third kappa shape index (κ3) is 4.59. The molecule has 7 nitrogen and oxygen atoms in total. The van der Waals surface area contributed by atoms with E-state index in [2.05, 4.69) is 10.1 Å². The van der Waals surface area contributed by atoms with Crippen molar-refractivity contribution < 1.29 is 19.0 Å². The molecule has 2 heterocycles. The number of benzene rings is 2. The van der Waals surface area contributed by atoms with Crippen molar-refractivity contribution >= 4 is 17.3 Å². The van der Waals surface area contributed by atoms with Crippen molar-refractivity contribution in [1.82, 2.24) is 14.8 Å². The van der Waals surface area contributed by atoms with Crippen LogP contribution in [0.2, 0.25) is 0 Å². The predicted molar refractivity (Wildman–Crippen MR) is 118 cm³/mol. The smallest absolute Gasteiger partial charge is 0.362 e. The number of aromatic nitrogens is 3. The summed E-state index contributed by atoms with van der Waals surface area (Å²) in [7, 11) is 1.64. The van der Waals surface area contributed by atoms with Gasteiger partial charge in [-0.25, -0.2) is 14.5 Å². The second-order valence-electron chi connectivity index (χ2n) is 6.48. The summed E-state index contributed by atoms with van der Waals surface area (Å²) >= 11 is 1.50. The molecule has 0 fully saturated rings. The molecule has 2 aromatic carbocycles. The molecule has 0 aliphatic heterocycles. The Hall–Kier alpha value is -3.65. The highest BCUT2D eigenvalue weighted by molar-refractivity contribution is 7.13. The number of methoxy groups -OCH3 is 1. The van der Waals surface area contributed by atoms with E-state index >= 15 is 0 Å². The zero-order valence-electron chi connectivity index (χ0n) is 17.1. The van der Waals surface area contributed by atoms with Gasteiger partial charge in [-0.05, 0) is 31.2 Å². The molecule has 31 heavy (non-hydrogen) atoms. The van der Waals surface area contributed by atoms with Crippen LogP contribution >= 0.6 is 11.3 Å². The van der Waals surface area contributed by atoms with Gasteiger partial charge in [0.1, 0.15) is 17.4 Å². The highest BCUT2D eigenvalue weighted by Gasteiger charge is 2.21. The van der Waals surface area contributed by atoms with Crippen LogP contribution in [0.4, 0.5) is 0 Å². The molecule has 0 amide bonds. The third-order valence-electron chi connectivity index (χ3n) is 4.43. The number of thiazole rings is 1. The number of nitrogens with zero attached hydrogens (tertiary/aromatic N) is 3. The molecule has 0 unspecified atom stereocenters. The molecule has 4 aromatic rings. The summed E-state index contributed by atoms with van der Waals surface area (Å²) < 4.78 is 18.1. The van der Waals surface area contributed by atoms with Gasteiger partial charge < -0.3 is 14.2 Å². The molecule has 158 valence electrons. The number of hydrogen-bond donors (Lipinski definition) is 0. The van der Waals surface area contributed by atoms with Crippen molar-refractivity contribution in [3.8, 4) is 27.8 Å². The SMILES string of the molecule is CCOC(=O)c1nn(-c2ccccc2)cc1OCc1csc(-c2ccccc2OC)n1. The Morgan fingerprint density at radius 2 is 1.84 bits per heavy atom. The number of carbonyl (C=O) groups excluding carboxylic acids is 1. The van der Waals surface area contributed by atoms with E-state index in [-0.39, 0.29) is 18.9 Å². The monoisotopic (exact) mass is 435 g/mol. The van der Waals surface area contributed by atoms with Crippen LogP contribution in [0.15, 0.2) is 66.2 Å². The molecule has 2 aromatic heterocycles. The summed E-state index contributed by atoms with van der Waals surface area (Å²) in [5.41, 5.74) is 2.61. The minimum absolute atomic E-state index is 0.130. The first-order valence-electron chi connectivity index (χ1n) is 9.72. The summed E-state index contributed by atoms with van der Waals surface area (Å²) in [4.78, 5) is 17.0. The fourth-order valence-corrected chi connectivity index (χ4v) is 3.82. The van der Waals surface area contributed by atoms with Gasteiger partial charge in [0.25, 0.3) is 0 Å². The number of ether oxygens (including phenoxy) is 3. The molecule has 0 aliphatic rings. The van der Waals surface area contributed by atoms with Crippen LogP contribution in [0.5, 0.6) is 11.5 Å². The maximum absolute atomic E-state index is 12.4. The molecule has 0 aliphatic carbocycles. The highest BCUT2D eigenvalue weighted by Crippen LogP contribution is 2.32. The van der Waals surface area contributed by atoms with E-state index in [1.807, 2.05) is 60.0 Å². The zero-order chi connectivity index (χ0) is 21.6. The first-order valence-corrected chi connectivity index (χ1v) is 10.6. The Morgan fingerprint density at radius 1 is 1.06 bits per heavy atom. The second kappa shape index (κ2) is 9.44. The molecule has 0 saturated carbocycles. The summed E-state index contributed by atoms with van der Waals surface area (Å²) in [6.07, 6.45) is 1.68. The average Bonchev–Trinajstić information content (AvgIpc) is 3.46. The summed E-state index contributed by atoms with van der Waals surface area (Å²) in [6.45, 7) is 2.20. The van der Waals surface area contributed by atoms with E-state index in [0.29, 0.717) is 5.75 Å². The van der Waals surface area contributed by atoms with Gasteiger partial charge in [0, 0.05) is 5.38 Å². The Kier molecular flexibility index (Phi) is 6.28. The number of rotatable bonds is 8. The van der Waals surface area contributed by atoms with Crippen molar-refractivity contribution in [1.29, 1.82) is 0 Å². The van der Waals surface area contributed by atoms with Gasteiger partial charge in [-0.2, -0.15) is 5.10 Å². The largest absolute Gasteiger partial charge is 0.496 e. The van der Waals surface area contributed by atoms with Crippen LogP contribution in [0.25, 0.3) is 16.3 Å². The molecule has 4 rings (SSSR count). The molecule has 0 spiro atoms. The van der Waals surface area contributed by atoms with Gasteiger partial charge in [-0.15, -0.1) is 11.3 Å². The number of esters is 1. The lowest BCUT2D eigenvalue weighted by atomic mass is 10.2. The first-order chi connectivity index (χ1) is 15.2. The van der Waals surface area contributed by atoms with Gasteiger partial charge in [0.15, 0.2) is 5.75 Å². The average molecular weight is 436 g/mol. The highest BCUT2D eigenvalue weighted by atomic mass is 32.1.